The second kappa shape index (κ2) is 12.0. The lowest BCUT2D eigenvalue weighted by molar-refractivity contribution is 0.107. The Kier molecular flexibility index (Phi) is 8.02. The second-order valence-electron chi connectivity index (χ2n) is 12.2. The van der Waals surface area contributed by atoms with E-state index in [4.69, 9.17) is 15.2 Å². The van der Waals surface area contributed by atoms with Gasteiger partial charge in [0.05, 0.1) is 33.8 Å². The number of hydrogen-bond acceptors (Lipinski definition) is 9. The fourth-order valence-electron chi connectivity index (χ4n) is 7.38. The Morgan fingerprint density at radius 3 is 2.79 bits per heavy atom. The molecule has 8 nitrogen and oxygen atoms in total. The van der Waals surface area contributed by atoms with Crippen LogP contribution in [0, 0.1) is 29.9 Å². The molecule has 0 aliphatic carbocycles. The van der Waals surface area contributed by atoms with Gasteiger partial charge >= 0.3 is 6.01 Å². The normalized spacial score (nSPS) is 22.2. The summed E-state index contributed by atoms with van der Waals surface area (Å²) >= 11 is 0.816. The largest absolute Gasteiger partial charge is 0.490 e. The smallest absolute Gasteiger partial charge is 0.319 e. The van der Waals surface area contributed by atoms with Gasteiger partial charge in [-0.15, -0.1) is 11.3 Å². The number of anilines is 2. The van der Waals surface area contributed by atoms with Gasteiger partial charge in [-0.1, -0.05) is 6.07 Å². The average molecular weight is 693 g/mol. The fraction of sp³-hybridized carbons (Fsp3) is 0.406. The first-order chi connectivity index (χ1) is 22.9. The molecule has 252 valence electrons. The predicted molar refractivity (Wildman–Crippen MR) is 166 cm³/mol. The van der Waals surface area contributed by atoms with Crippen molar-refractivity contribution in [3.63, 3.8) is 0 Å². The van der Waals surface area contributed by atoms with Crippen LogP contribution in [0.2, 0.25) is 0 Å². The van der Waals surface area contributed by atoms with Gasteiger partial charge in [-0.05, 0) is 37.9 Å². The zero-order chi connectivity index (χ0) is 34.1. The van der Waals surface area contributed by atoms with Crippen molar-refractivity contribution in [2.24, 2.45) is 0 Å². The molecule has 0 bridgehead atoms. The Labute approximate surface area is 273 Å². The van der Waals surface area contributed by atoms with E-state index in [1.807, 2.05) is 11.0 Å². The Hall–Kier alpha value is -4.36. The number of halogens is 7. The number of thiophene rings is 1. The van der Waals surface area contributed by atoms with Crippen LogP contribution >= 0.6 is 11.3 Å². The van der Waals surface area contributed by atoms with Gasteiger partial charge < -0.3 is 20.1 Å². The summed E-state index contributed by atoms with van der Waals surface area (Å²) < 4.78 is 114. The number of rotatable bonds is 7. The van der Waals surface area contributed by atoms with E-state index in [1.165, 1.54) is 13.0 Å². The lowest BCUT2D eigenvalue weighted by Crippen LogP contribution is -2.43. The molecular weight excluding hydrogens is 665 g/mol. The standard InChI is InChI=1S/C32H27F7N6O2S/c1-14-22(17-3-4-19(34)28-23(17)18(9-40)29(41)48-28)25(39)26-24-27(14)46-12-16(7-20(35)36)45(11-21(37)38)30(24)43-31(42-26)47-13-32-5-2-6-44(32)10-15(33)8-32/h3-4,7,15-16,21H,2,5-6,8,10-13,41H2,1H3/t15-,16+,32+/m1/s1. The van der Waals surface area contributed by atoms with Crippen LogP contribution in [0.1, 0.15) is 30.4 Å². The molecule has 0 unspecified atom stereocenters. The summed E-state index contributed by atoms with van der Waals surface area (Å²) in [6.45, 7) is 0.632. The highest BCUT2D eigenvalue weighted by molar-refractivity contribution is 7.23. The molecule has 2 aromatic carbocycles. The van der Waals surface area contributed by atoms with Gasteiger partial charge in [-0.2, -0.15) is 24.0 Å². The molecule has 2 N–H and O–H groups in total. The number of nitrogen functional groups attached to an aromatic ring is 1. The SMILES string of the molecule is Cc1c(-c2ccc(F)c3sc(N)c(C#N)c23)c(F)c2nc(OC[C@@]34CCCN3C[C@H](F)C4)nc3c2c1OC[C@H](C=C(F)F)N3CC(F)F. The summed E-state index contributed by atoms with van der Waals surface area (Å²) in [6.07, 6.45) is -4.20. The minimum Gasteiger partial charge on any atom is -0.490 e. The van der Waals surface area contributed by atoms with Gasteiger partial charge in [0.15, 0.2) is 5.82 Å². The molecule has 2 saturated heterocycles. The minimum absolute atomic E-state index is 0.00876. The van der Waals surface area contributed by atoms with Crippen LogP contribution in [-0.2, 0) is 0 Å². The molecule has 0 spiro atoms. The maximum Gasteiger partial charge on any atom is 0.319 e. The van der Waals surface area contributed by atoms with E-state index in [1.54, 1.807) is 0 Å². The lowest BCUT2D eigenvalue weighted by atomic mass is 9.92. The third kappa shape index (κ3) is 5.14. The molecule has 3 aliphatic heterocycles. The number of alkyl halides is 3. The summed E-state index contributed by atoms with van der Waals surface area (Å²) in [7, 11) is 0. The Balaban J connectivity index is 1.48. The van der Waals surface area contributed by atoms with E-state index in [0.29, 0.717) is 19.0 Å². The molecule has 16 heteroatoms. The molecule has 4 aromatic rings. The monoisotopic (exact) mass is 692 g/mol. The van der Waals surface area contributed by atoms with E-state index < -0.39 is 66.6 Å². The van der Waals surface area contributed by atoms with Gasteiger partial charge in [0.25, 0.3) is 12.5 Å². The summed E-state index contributed by atoms with van der Waals surface area (Å²) in [5.74, 6) is -2.09. The number of nitriles is 1. The summed E-state index contributed by atoms with van der Waals surface area (Å²) in [5, 5.41) is 9.77. The molecule has 2 fully saturated rings. The molecule has 0 amide bonds. The maximum absolute atomic E-state index is 17.1. The Morgan fingerprint density at radius 1 is 1.27 bits per heavy atom. The van der Waals surface area contributed by atoms with Crippen molar-refractivity contribution >= 4 is 43.1 Å². The van der Waals surface area contributed by atoms with Crippen LogP contribution in [0.5, 0.6) is 11.8 Å². The zero-order valence-electron chi connectivity index (χ0n) is 25.3. The molecule has 3 aliphatic rings. The minimum atomic E-state index is -3.02. The van der Waals surface area contributed by atoms with Crippen molar-refractivity contribution < 1.29 is 40.2 Å². The van der Waals surface area contributed by atoms with Gasteiger partial charge in [-0.3, -0.25) is 4.90 Å². The molecule has 5 heterocycles. The number of nitrogens with zero attached hydrogens (tertiary/aromatic N) is 5. The van der Waals surface area contributed by atoms with Crippen molar-refractivity contribution in [1.82, 2.24) is 14.9 Å². The lowest BCUT2D eigenvalue weighted by Gasteiger charge is -2.31. The van der Waals surface area contributed by atoms with E-state index in [0.717, 1.165) is 28.7 Å². The summed E-state index contributed by atoms with van der Waals surface area (Å²) in [6, 6.07) is 2.42. The molecular formula is C32H27F7N6O2S. The van der Waals surface area contributed by atoms with Gasteiger partial charge in [0.2, 0.25) is 0 Å². The van der Waals surface area contributed by atoms with E-state index >= 15 is 4.39 Å². The summed E-state index contributed by atoms with van der Waals surface area (Å²) in [5.41, 5.74) is 4.86. The summed E-state index contributed by atoms with van der Waals surface area (Å²) in [4.78, 5) is 11.6. The van der Waals surface area contributed by atoms with Crippen LogP contribution in [0.3, 0.4) is 0 Å². The number of benzene rings is 2. The first-order valence-corrected chi connectivity index (χ1v) is 15.9. The average Bonchev–Trinajstić information content (AvgIpc) is 3.64. The highest BCUT2D eigenvalue weighted by Gasteiger charge is 2.49. The number of fused-ring (bicyclic) bond motifs is 2. The highest BCUT2D eigenvalue weighted by atomic mass is 32.1. The molecule has 48 heavy (non-hydrogen) atoms. The van der Waals surface area contributed by atoms with Crippen molar-refractivity contribution in [1.29, 1.82) is 5.26 Å². The van der Waals surface area contributed by atoms with Gasteiger partial charge in [0, 0.05) is 35.6 Å². The van der Waals surface area contributed by atoms with E-state index in [9.17, 15) is 31.6 Å². The molecule has 0 saturated carbocycles. The molecule has 7 rings (SSSR count). The van der Waals surface area contributed by atoms with Crippen LogP contribution < -0.4 is 20.1 Å². The van der Waals surface area contributed by atoms with Crippen LogP contribution in [0.25, 0.3) is 32.1 Å². The number of aromatic nitrogens is 2. The van der Waals surface area contributed by atoms with Crippen LogP contribution in [0.15, 0.2) is 24.3 Å². The van der Waals surface area contributed by atoms with Crippen molar-refractivity contribution in [2.75, 3.05) is 43.5 Å². The number of hydrogen-bond donors (Lipinski definition) is 1. The van der Waals surface area contributed by atoms with Crippen LogP contribution in [-0.4, -0.2) is 71.9 Å². The maximum atomic E-state index is 17.1. The molecule has 3 atom stereocenters. The highest BCUT2D eigenvalue weighted by Crippen LogP contribution is 2.49. The second-order valence-corrected chi connectivity index (χ2v) is 13.2. The van der Waals surface area contributed by atoms with Crippen molar-refractivity contribution in [3.05, 3.63) is 47.1 Å². The van der Waals surface area contributed by atoms with Crippen molar-refractivity contribution in [2.45, 2.75) is 50.4 Å². The fourth-order valence-corrected chi connectivity index (χ4v) is 8.33. The van der Waals surface area contributed by atoms with E-state index in [-0.39, 0.29) is 73.9 Å². The third-order valence-electron chi connectivity index (χ3n) is 9.39. The quantitative estimate of drug-likeness (QED) is 0.205. The first-order valence-electron chi connectivity index (χ1n) is 15.1. The Bertz CT molecular complexity index is 2030. The molecule has 0 radical (unpaired) electrons. The van der Waals surface area contributed by atoms with Gasteiger partial charge in [-0.25, -0.2) is 22.0 Å². The van der Waals surface area contributed by atoms with Crippen molar-refractivity contribution in [3.8, 4) is 29.0 Å². The third-order valence-corrected chi connectivity index (χ3v) is 10.4. The van der Waals surface area contributed by atoms with Gasteiger partial charge in [0.1, 0.15) is 53.4 Å². The van der Waals surface area contributed by atoms with Crippen LogP contribution in [0.4, 0.5) is 41.6 Å². The molecule has 2 aromatic heterocycles. The first kappa shape index (κ1) is 32.2. The topological polar surface area (TPSA) is 101 Å². The number of ether oxygens (including phenoxy) is 2. The zero-order valence-corrected chi connectivity index (χ0v) is 26.1. The predicted octanol–water partition coefficient (Wildman–Crippen LogP) is 7.12. The Morgan fingerprint density at radius 2 is 2.06 bits per heavy atom. The van der Waals surface area contributed by atoms with E-state index in [2.05, 4.69) is 9.97 Å². The number of nitrogens with two attached hydrogens (primary N) is 1.